The zero-order chi connectivity index (χ0) is 15.6. The SMILES string of the molecule is CC1OC(C)C(C(=O)NC(C)(CO)c2ccccc2)C1C. The summed E-state index contributed by atoms with van der Waals surface area (Å²) in [5.74, 6) is -0.0759. The van der Waals surface area contributed by atoms with E-state index in [1.165, 1.54) is 0 Å². The van der Waals surface area contributed by atoms with E-state index < -0.39 is 5.54 Å². The summed E-state index contributed by atoms with van der Waals surface area (Å²) in [5.41, 5.74) is 0.122. The van der Waals surface area contributed by atoms with Gasteiger partial charge in [-0.25, -0.2) is 0 Å². The van der Waals surface area contributed by atoms with Gasteiger partial charge < -0.3 is 15.2 Å². The van der Waals surface area contributed by atoms with Crippen LogP contribution in [0, 0.1) is 11.8 Å². The average Bonchev–Trinajstić information content (AvgIpc) is 2.73. The Bertz CT molecular complexity index is 490. The van der Waals surface area contributed by atoms with Crippen molar-refractivity contribution in [2.75, 3.05) is 6.61 Å². The smallest absolute Gasteiger partial charge is 0.226 e. The molecule has 1 saturated heterocycles. The molecule has 1 fully saturated rings. The predicted molar refractivity (Wildman–Crippen MR) is 81.7 cm³/mol. The number of rotatable bonds is 4. The first-order chi connectivity index (χ1) is 9.89. The Labute approximate surface area is 126 Å². The fourth-order valence-electron chi connectivity index (χ4n) is 3.08. The van der Waals surface area contributed by atoms with Gasteiger partial charge in [0.15, 0.2) is 0 Å². The Morgan fingerprint density at radius 1 is 1.24 bits per heavy atom. The molecule has 0 bridgehead atoms. The van der Waals surface area contributed by atoms with Crippen LogP contribution >= 0.6 is 0 Å². The zero-order valence-corrected chi connectivity index (χ0v) is 13.2. The van der Waals surface area contributed by atoms with Gasteiger partial charge in [-0.1, -0.05) is 37.3 Å². The second-order valence-corrected chi connectivity index (χ2v) is 6.28. The molecule has 2 rings (SSSR count). The van der Waals surface area contributed by atoms with Gasteiger partial charge in [0, 0.05) is 0 Å². The average molecular weight is 291 g/mol. The summed E-state index contributed by atoms with van der Waals surface area (Å²) in [6.07, 6.45) is -0.0263. The molecule has 1 aliphatic heterocycles. The summed E-state index contributed by atoms with van der Waals surface area (Å²) >= 11 is 0. The van der Waals surface area contributed by atoms with E-state index in [1.807, 2.05) is 58.0 Å². The van der Waals surface area contributed by atoms with Gasteiger partial charge in [-0.3, -0.25) is 4.79 Å². The Hall–Kier alpha value is -1.39. The number of nitrogens with one attached hydrogen (secondary N) is 1. The molecule has 4 nitrogen and oxygen atoms in total. The predicted octanol–water partition coefficient (Wildman–Crippen LogP) is 2.07. The number of aliphatic hydroxyl groups is 1. The molecule has 2 N–H and O–H groups in total. The molecular formula is C17H25NO3. The van der Waals surface area contributed by atoms with Gasteiger partial charge in [-0.05, 0) is 32.3 Å². The van der Waals surface area contributed by atoms with Crippen LogP contribution in [0.2, 0.25) is 0 Å². The summed E-state index contributed by atoms with van der Waals surface area (Å²) in [4.78, 5) is 12.7. The van der Waals surface area contributed by atoms with E-state index in [4.69, 9.17) is 4.74 Å². The number of hydrogen-bond acceptors (Lipinski definition) is 3. The van der Waals surface area contributed by atoms with Crippen molar-refractivity contribution < 1.29 is 14.6 Å². The quantitative estimate of drug-likeness (QED) is 0.893. The molecule has 1 amide bonds. The Balaban J connectivity index is 2.17. The van der Waals surface area contributed by atoms with Crippen LogP contribution in [0.5, 0.6) is 0 Å². The topological polar surface area (TPSA) is 58.6 Å². The Morgan fingerprint density at radius 2 is 1.86 bits per heavy atom. The number of benzene rings is 1. The van der Waals surface area contributed by atoms with Crippen LogP contribution < -0.4 is 5.32 Å². The van der Waals surface area contributed by atoms with Gasteiger partial charge in [0.05, 0.1) is 30.3 Å². The minimum Gasteiger partial charge on any atom is -0.394 e. The molecule has 0 radical (unpaired) electrons. The van der Waals surface area contributed by atoms with Crippen LogP contribution in [-0.4, -0.2) is 29.8 Å². The van der Waals surface area contributed by atoms with Crippen molar-refractivity contribution in [3.8, 4) is 0 Å². The van der Waals surface area contributed by atoms with Crippen molar-refractivity contribution in [1.29, 1.82) is 0 Å². The third-order valence-electron chi connectivity index (χ3n) is 4.67. The van der Waals surface area contributed by atoms with Crippen LogP contribution in [0.25, 0.3) is 0 Å². The lowest BCUT2D eigenvalue weighted by Crippen LogP contribution is -2.50. The van der Waals surface area contributed by atoms with Crippen molar-refractivity contribution in [1.82, 2.24) is 5.32 Å². The molecule has 0 spiro atoms. The van der Waals surface area contributed by atoms with E-state index in [0.29, 0.717) is 0 Å². The number of hydrogen-bond donors (Lipinski definition) is 2. The largest absolute Gasteiger partial charge is 0.394 e. The molecule has 1 heterocycles. The minimum atomic E-state index is -0.774. The summed E-state index contributed by atoms with van der Waals surface area (Å²) < 4.78 is 5.74. The lowest BCUT2D eigenvalue weighted by atomic mass is 9.86. The van der Waals surface area contributed by atoms with Gasteiger partial charge in [0.1, 0.15) is 0 Å². The van der Waals surface area contributed by atoms with Crippen molar-refractivity contribution in [2.24, 2.45) is 11.8 Å². The van der Waals surface area contributed by atoms with Gasteiger partial charge in [0.25, 0.3) is 0 Å². The molecule has 0 saturated carbocycles. The first-order valence-electron chi connectivity index (χ1n) is 7.53. The fraction of sp³-hybridized carbons (Fsp3) is 0.588. The monoisotopic (exact) mass is 291 g/mol. The van der Waals surface area contributed by atoms with Crippen LogP contribution in [0.4, 0.5) is 0 Å². The third kappa shape index (κ3) is 3.11. The van der Waals surface area contributed by atoms with Crippen molar-refractivity contribution in [3.63, 3.8) is 0 Å². The number of aliphatic hydroxyl groups excluding tert-OH is 1. The third-order valence-corrected chi connectivity index (χ3v) is 4.67. The Morgan fingerprint density at radius 3 is 2.33 bits per heavy atom. The van der Waals surface area contributed by atoms with E-state index in [0.717, 1.165) is 5.56 Å². The fourth-order valence-corrected chi connectivity index (χ4v) is 3.08. The van der Waals surface area contributed by atoms with Crippen molar-refractivity contribution >= 4 is 5.91 Å². The van der Waals surface area contributed by atoms with Gasteiger partial charge >= 0.3 is 0 Å². The van der Waals surface area contributed by atoms with E-state index in [-0.39, 0.29) is 36.6 Å². The van der Waals surface area contributed by atoms with Crippen LogP contribution in [0.15, 0.2) is 30.3 Å². The highest BCUT2D eigenvalue weighted by Crippen LogP contribution is 2.33. The lowest BCUT2D eigenvalue weighted by Gasteiger charge is -2.32. The highest BCUT2D eigenvalue weighted by molar-refractivity contribution is 5.81. The number of ether oxygens (including phenoxy) is 1. The molecule has 116 valence electrons. The van der Waals surface area contributed by atoms with Crippen molar-refractivity contribution in [3.05, 3.63) is 35.9 Å². The maximum Gasteiger partial charge on any atom is 0.226 e. The standard InChI is InChI=1S/C17H25NO3/c1-11-12(2)21-13(3)15(11)16(20)18-17(4,10-19)14-8-6-5-7-9-14/h5-9,11-13,15,19H,10H2,1-4H3,(H,18,20). The van der Waals surface area contributed by atoms with Gasteiger partial charge in [-0.2, -0.15) is 0 Å². The van der Waals surface area contributed by atoms with E-state index >= 15 is 0 Å². The summed E-state index contributed by atoms with van der Waals surface area (Å²) in [6.45, 7) is 7.67. The van der Waals surface area contributed by atoms with Gasteiger partial charge in [-0.15, -0.1) is 0 Å². The maximum absolute atomic E-state index is 12.7. The highest BCUT2D eigenvalue weighted by Gasteiger charge is 2.43. The normalized spacial score (nSPS) is 31.7. The van der Waals surface area contributed by atoms with E-state index in [1.54, 1.807) is 0 Å². The molecule has 4 heteroatoms. The molecule has 0 aromatic heterocycles. The first-order valence-corrected chi connectivity index (χ1v) is 7.53. The molecule has 5 atom stereocenters. The first kappa shape index (κ1) is 16.0. The molecule has 21 heavy (non-hydrogen) atoms. The van der Waals surface area contributed by atoms with Crippen molar-refractivity contribution in [2.45, 2.75) is 45.4 Å². The van der Waals surface area contributed by atoms with Crippen LogP contribution in [0.1, 0.15) is 33.3 Å². The molecule has 1 aliphatic rings. The Kier molecular flexibility index (Phi) is 4.69. The molecule has 1 aromatic rings. The summed E-state index contributed by atoms with van der Waals surface area (Å²) in [7, 11) is 0. The zero-order valence-electron chi connectivity index (χ0n) is 13.2. The second kappa shape index (κ2) is 6.16. The lowest BCUT2D eigenvalue weighted by molar-refractivity contribution is -0.129. The highest BCUT2D eigenvalue weighted by atomic mass is 16.5. The number of carbonyl (C=O) groups is 1. The minimum absolute atomic E-state index is 0.0558. The maximum atomic E-state index is 12.7. The molecule has 1 aromatic carbocycles. The summed E-state index contributed by atoms with van der Waals surface area (Å²) in [5, 5.41) is 12.8. The molecule has 5 unspecified atom stereocenters. The van der Waals surface area contributed by atoms with E-state index in [9.17, 15) is 9.90 Å². The number of carbonyl (C=O) groups excluding carboxylic acids is 1. The number of amides is 1. The van der Waals surface area contributed by atoms with Gasteiger partial charge in [0.2, 0.25) is 5.91 Å². The van der Waals surface area contributed by atoms with Crippen LogP contribution in [0.3, 0.4) is 0 Å². The summed E-state index contributed by atoms with van der Waals surface area (Å²) in [6, 6.07) is 9.55. The molecule has 0 aliphatic carbocycles. The van der Waals surface area contributed by atoms with E-state index in [2.05, 4.69) is 5.32 Å². The molecular weight excluding hydrogens is 266 g/mol. The second-order valence-electron chi connectivity index (χ2n) is 6.28. The van der Waals surface area contributed by atoms with Crippen LogP contribution in [-0.2, 0) is 15.1 Å².